The minimum Gasteiger partial charge on any atom is -0.462 e. The molecule has 1 aromatic heterocycles. The molecule has 12 heteroatoms. The molecule has 0 saturated heterocycles. The number of nitriles is 1. The van der Waals surface area contributed by atoms with Gasteiger partial charge in [0, 0.05) is 30.0 Å². The predicted molar refractivity (Wildman–Crippen MR) is 147 cm³/mol. The van der Waals surface area contributed by atoms with Crippen LogP contribution in [0, 0.1) is 11.3 Å². The van der Waals surface area contributed by atoms with Crippen molar-refractivity contribution >= 4 is 33.2 Å². The summed E-state index contributed by atoms with van der Waals surface area (Å²) in [4.78, 5) is 17.0. The van der Waals surface area contributed by atoms with E-state index in [2.05, 4.69) is 22.2 Å². The van der Waals surface area contributed by atoms with Crippen molar-refractivity contribution in [1.29, 1.82) is 5.26 Å². The monoisotopic (exact) mass is 593 g/mol. The molecule has 0 aliphatic carbocycles. The van der Waals surface area contributed by atoms with Gasteiger partial charge in [0.1, 0.15) is 5.60 Å². The lowest BCUT2D eigenvalue weighted by Crippen LogP contribution is -2.52. The molecule has 3 rings (SSSR count). The SMILES string of the molecule is C=S(C)(=O)OC(CNC(=O)C(C)(C)Oc1ccc(C(F)(F)F)cn1)(Cc1ccc(Cl)cc1)c1cccc(C#N)c1. The Balaban J connectivity index is 1.95. The van der Waals surface area contributed by atoms with Crippen molar-refractivity contribution in [3.63, 3.8) is 0 Å². The average Bonchev–Trinajstić information content (AvgIpc) is 2.87. The first-order valence-electron chi connectivity index (χ1n) is 11.8. The van der Waals surface area contributed by atoms with E-state index >= 15 is 0 Å². The van der Waals surface area contributed by atoms with Crippen LogP contribution in [0.15, 0.2) is 66.9 Å². The van der Waals surface area contributed by atoms with Gasteiger partial charge in [0.25, 0.3) is 5.91 Å². The second kappa shape index (κ2) is 11.9. The maximum absolute atomic E-state index is 13.3. The molecule has 212 valence electrons. The van der Waals surface area contributed by atoms with E-state index in [-0.39, 0.29) is 18.8 Å². The van der Waals surface area contributed by atoms with Gasteiger partial charge in [0.05, 0.1) is 33.5 Å². The quantitative estimate of drug-likeness (QED) is 0.320. The van der Waals surface area contributed by atoms with Gasteiger partial charge >= 0.3 is 6.18 Å². The second-order valence-corrected chi connectivity index (χ2v) is 12.1. The lowest BCUT2D eigenvalue weighted by Gasteiger charge is -2.36. The van der Waals surface area contributed by atoms with Crippen molar-refractivity contribution in [1.82, 2.24) is 10.3 Å². The van der Waals surface area contributed by atoms with E-state index in [9.17, 15) is 27.4 Å². The van der Waals surface area contributed by atoms with Crippen LogP contribution in [0.1, 0.15) is 36.1 Å². The molecule has 0 aliphatic rings. The highest BCUT2D eigenvalue weighted by Gasteiger charge is 2.40. The summed E-state index contributed by atoms with van der Waals surface area (Å²) in [6.45, 7) is 2.62. The van der Waals surface area contributed by atoms with E-state index in [1.807, 2.05) is 0 Å². The molecule has 0 fully saturated rings. The number of alkyl halides is 3. The van der Waals surface area contributed by atoms with Gasteiger partial charge in [0.2, 0.25) is 5.88 Å². The fraction of sp³-hybridized carbons (Fsp3) is 0.286. The van der Waals surface area contributed by atoms with E-state index in [1.54, 1.807) is 48.5 Å². The van der Waals surface area contributed by atoms with Crippen molar-refractivity contribution in [2.75, 3.05) is 12.8 Å². The lowest BCUT2D eigenvalue weighted by atomic mass is 9.86. The number of nitrogens with one attached hydrogen (secondary N) is 1. The number of carbonyl (C=O) groups excluding carboxylic acids is 1. The van der Waals surface area contributed by atoms with Crippen molar-refractivity contribution in [3.8, 4) is 11.9 Å². The zero-order chi connectivity index (χ0) is 29.8. The van der Waals surface area contributed by atoms with Crippen LogP contribution in [0.25, 0.3) is 0 Å². The first-order chi connectivity index (χ1) is 18.5. The summed E-state index contributed by atoms with van der Waals surface area (Å²) in [5, 5.41) is 12.7. The molecule has 2 unspecified atom stereocenters. The Hall–Kier alpha value is -3.59. The largest absolute Gasteiger partial charge is 0.462 e. The molecule has 1 heterocycles. The highest BCUT2D eigenvalue weighted by molar-refractivity contribution is 7.95. The fourth-order valence-corrected chi connectivity index (χ4v) is 4.88. The van der Waals surface area contributed by atoms with Crippen molar-refractivity contribution in [3.05, 3.63) is 94.1 Å². The lowest BCUT2D eigenvalue weighted by molar-refractivity contribution is -0.138. The molecule has 2 atom stereocenters. The molecule has 1 amide bonds. The van der Waals surface area contributed by atoms with E-state index in [4.69, 9.17) is 20.5 Å². The maximum atomic E-state index is 13.3. The minimum atomic E-state index is -4.57. The normalized spacial score (nSPS) is 14.8. The Kier molecular flexibility index (Phi) is 9.19. The van der Waals surface area contributed by atoms with Crippen LogP contribution in [0.5, 0.6) is 5.88 Å². The molecule has 0 radical (unpaired) electrons. The molecule has 0 bridgehead atoms. The topological polar surface area (TPSA) is 101 Å². The Bertz CT molecular complexity index is 1500. The predicted octanol–water partition coefficient (Wildman–Crippen LogP) is 5.32. The smallest absolute Gasteiger partial charge is 0.417 e. The first kappa shape index (κ1) is 30.9. The summed E-state index contributed by atoms with van der Waals surface area (Å²) in [5.41, 5.74) is -2.48. The van der Waals surface area contributed by atoms with Crippen LogP contribution < -0.4 is 10.1 Å². The number of halogens is 4. The van der Waals surface area contributed by atoms with E-state index in [0.29, 0.717) is 22.3 Å². The molecule has 3 aromatic rings. The van der Waals surface area contributed by atoms with Crippen molar-refractivity contribution in [2.24, 2.45) is 0 Å². The number of carbonyl (C=O) groups is 1. The second-order valence-electron chi connectivity index (χ2n) is 9.68. The van der Waals surface area contributed by atoms with Gasteiger partial charge in [-0.25, -0.2) is 9.19 Å². The first-order valence-corrected chi connectivity index (χ1v) is 14.3. The van der Waals surface area contributed by atoms with Crippen LogP contribution in [0.3, 0.4) is 0 Å². The van der Waals surface area contributed by atoms with Crippen LogP contribution in [0.4, 0.5) is 13.2 Å². The number of rotatable bonds is 10. The highest BCUT2D eigenvalue weighted by Crippen LogP contribution is 2.33. The Morgan fingerprint density at radius 3 is 2.35 bits per heavy atom. The molecular formula is C28H27ClF3N3O4S. The van der Waals surface area contributed by atoms with Crippen LogP contribution >= 0.6 is 11.6 Å². The third kappa shape index (κ3) is 8.21. The van der Waals surface area contributed by atoms with Gasteiger partial charge in [0.15, 0.2) is 5.60 Å². The Morgan fingerprint density at radius 2 is 1.80 bits per heavy atom. The standard InChI is InChI=1S/C28H27ClF3N3O4S/c1-26(2,38-24-13-10-22(17-34-24)28(30,31)32)25(36)35-18-27(39-40(3,4)37,15-19-8-11-23(29)12-9-19)21-7-5-6-20(14-21)16-33/h5-14,17H,3,15,18H2,1-2,4H3,(H,35,36). The molecule has 1 N–H and O–H groups in total. The Morgan fingerprint density at radius 1 is 1.12 bits per heavy atom. The van der Waals surface area contributed by atoms with Crippen LogP contribution in [0.2, 0.25) is 5.02 Å². The zero-order valence-corrected chi connectivity index (χ0v) is 23.5. The Labute approximate surface area is 236 Å². The molecular weight excluding hydrogens is 567 g/mol. The third-order valence-electron chi connectivity index (χ3n) is 5.76. The fourth-order valence-electron chi connectivity index (χ4n) is 3.87. The number of hydrogen-bond donors (Lipinski definition) is 1. The maximum Gasteiger partial charge on any atom is 0.417 e. The van der Waals surface area contributed by atoms with Gasteiger partial charge in [-0.2, -0.15) is 18.4 Å². The number of pyridine rings is 1. The number of nitrogens with zero attached hydrogens (tertiary/aromatic N) is 2. The van der Waals surface area contributed by atoms with E-state index < -0.39 is 38.7 Å². The number of aromatic nitrogens is 1. The summed E-state index contributed by atoms with van der Waals surface area (Å²) < 4.78 is 63.2. The number of hydrogen-bond acceptors (Lipinski definition) is 6. The van der Waals surface area contributed by atoms with Gasteiger partial charge in [-0.05, 0) is 61.2 Å². The van der Waals surface area contributed by atoms with Crippen LogP contribution in [-0.2, 0) is 37.0 Å². The number of benzene rings is 2. The average molecular weight is 594 g/mol. The zero-order valence-electron chi connectivity index (χ0n) is 21.9. The third-order valence-corrected chi connectivity index (χ3v) is 6.68. The van der Waals surface area contributed by atoms with Gasteiger partial charge in [-0.15, -0.1) is 0 Å². The van der Waals surface area contributed by atoms with Gasteiger partial charge in [-0.3, -0.25) is 8.98 Å². The van der Waals surface area contributed by atoms with E-state index in [0.717, 1.165) is 17.7 Å². The molecule has 7 nitrogen and oxygen atoms in total. The molecule has 40 heavy (non-hydrogen) atoms. The van der Waals surface area contributed by atoms with Crippen LogP contribution in [-0.4, -0.2) is 39.4 Å². The molecule has 0 saturated carbocycles. The summed E-state index contributed by atoms with van der Waals surface area (Å²) in [7, 11) is -3.12. The number of amides is 1. The summed E-state index contributed by atoms with van der Waals surface area (Å²) in [6.07, 6.45) is -2.53. The summed E-state index contributed by atoms with van der Waals surface area (Å²) in [6, 6.07) is 17.2. The minimum absolute atomic E-state index is 0.113. The van der Waals surface area contributed by atoms with Crippen molar-refractivity contribution < 1.29 is 31.1 Å². The summed E-state index contributed by atoms with van der Waals surface area (Å²) in [5.74, 6) is 2.79. The molecule has 0 aliphatic heterocycles. The summed E-state index contributed by atoms with van der Waals surface area (Å²) >= 11 is 6.04. The van der Waals surface area contributed by atoms with E-state index in [1.165, 1.54) is 20.1 Å². The molecule has 2 aromatic carbocycles. The van der Waals surface area contributed by atoms with Gasteiger partial charge < -0.3 is 10.1 Å². The van der Waals surface area contributed by atoms with Crippen molar-refractivity contribution in [2.45, 2.75) is 37.6 Å². The number of ether oxygens (including phenoxy) is 1. The highest BCUT2D eigenvalue weighted by atomic mass is 35.5. The molecule has 0 spiro atoms. The van der Waals surface area contributed by atoms with Gasteiger partial charge in [-0.1, -0.05) is 35.9 Å².